The van der Waals surface area contributed by atoms with Crippen molar-refractivity contribution in [3.63, 3.8) is 0 Å². The van der Waals surface area contributed by atoms with Gasteiger partial charge < -0.3 is 14.6 Å². The van der Waals surface area contributed by atoms with Crippen molar-refractivity contribution in [3.05, 3.63) is 72.1 Å². The molecule has 1 aliphatic heterocycles. The molecule has 0 bridgehead atoms. The highest BCUT2D eigenvalue weighted by Crippen LogP contribution is 2.36. The van der Waals surface area contributed by atoms with Crippen LogP contribution in [0.3, 0.4) is 0 Å². The van der Waals surface area contributed by atoms with Gasteiger partial charge in [0.2, 0.25) is 0 Å². The first-order chi connectivity index (χ1) is 12.3. The van der Waals surface area contributed by atoms with Crippen molar-refractivity contribution in [1.29, 1.82) is 0 Å². The Kier molecular flexibility index (Phi) is 3.98. The predicted octanol–water partition coefficient (Wildman–Crippen LogP) is 3.67. The minimum Gasteiger partial charge on any atom is -0.497 e. The van der Waals surface area contributed by atoms with Gasteiger partial charge in [0.25, 0.3) is 5.91 Å². The minimum atomic E-state index is 0.0486. The van der Waals surface area contributed by atoms with Gasteiger partial charge in [-0.15, -0.1) is 0 Å². The predicted molar refractivity (Wildman–Crippen MR) is 95.4 cm³/mol. The Morgan fingerprint density at radius 3 is 2.84 bits per heavy atom. The first-order valence-electron chi connectivity index (χ1n) is 8.31. The first kappa shape index (κ1) is 15.4. The number of amides is 1. The van der Waals surface area contributed by atoms with E-state index in [0.717, 1.165) is 35.7 Å². The standard InChI is InChI=1S/C20H19N3O2/c1-25-17-7-3-4-14(13-17)18-8-11-23(18)20(24)16-6-2-5-15(12-16)19-21-9-10-22-19/h2-7,9-10,12-13,18H,8,11H2,1H3,(H,21,22). The van der Waals surface area contributed by atoms with E-state index < -0.39 is 0 Å². The van der Waals surface area contributed by atoms with Crippen LogP contribution >= 0.6 is 0 Å². The summed E-state index contributed by atoms with van der Waals surface area (Å²) >= 11 is 0. The molecule has 25 heavy (non-hydrogen) atoms. The second kappa shape index (κ2) is 6.43. The molecule has 2 aromatic carbocycles. The number of carbonyl (C=O) groups is 1. The van der Waals surface area contributed by atoms with Crippen LogP contribution in [0.2, 0.25) is 0 Å². The highest BCUT2D eigenvalue weighted by Gasteiger charge is 2.34. The summed E-state index contributed by atoms with van der Waals surface area (Å²) in [5.74, 6) is 1.63. The third-order valence-electron chi connectivity index (χ3n) is 4.64. The molecule has 0 spiro atoms. The summed E-state index contributed by atoms with van der Waals surface area (Å²) in [5, 5.41) is 0. The van der Waals surface area contributed by atoms with E-state index in [1.807, 2.05) is 53.4 Å². The van der Waals surface area contributed by atoms with Crippen molar-refractivity contribution < 1.29 is 9.53 Å². The van der Waals surface area contributed by atoms with Crippen LogP contribution in [0.25, 0.3) is 11.4 Å². The molecule has 1 amide bonds. The van der Waals surface area contributed by atoms with Crippen LogP contribution in [0.1, 0.15) is 28.4 Å². The lowest BCUT2D eigenvalue weighted by atomic mass is 9.93. The van der Waals surface area contributed by atoms with Gasteiger partial charge in [-0.25, -0.2) is 4.98 Å². The van der Waals surface area contributed by atoms with Crippen LogP contribution in [0.4, 0.5) is 0 Å². The highest BCUT2D eigenvalue weighted by molar-refractivity contribution is 5.96. The minimum absolute atomic E-state index is 0.0486. The number of ether oxygens (including phenoxy) is 1. The van der Waals surface area contributed by atoms with Gasteiger partial charge in [0.1, 0.15) is 11.6 Å². The van der Waals surface area contributed by atoms with Gasteiger partial charge in [-0.2, -0.15) is 0 Å². The Labute approximate surface area is 146 Å². The smallest absolute Gasteiger partial charge is 0.254 e. The topological polar surface area (TPSA) is 58.2 Å². The summed E-state index contributed by atoms with van der Waals surface area (Å²) in [6, 6.07) is 15.6. The van der Waals surface area contributed by atoms with E-state index in [4.69, 9.17) is 4.74 Å². The maximum Gasteiger partial charge on any atom is 0.254 e. The van der Waals surface area contributed by atoms with Crippen LogP contribution in [-0.2, 0) is 0 Å². The van der Waals surface area contributed by atoms with Crippen molar-refractivity contribution in [2.75, 3.05) is 13.7 Å². The van der Waals surface area contributed by atoms with E-state index >= 15 is 0 Å². The number of H-pyrrole nitrogens is 1. The van der Waals surface area contributed by atoms with Gasteiger partial charge in [-0.3, -0.25) is 4.79 Å². The molecule has 1 aromatic heterocycles. The molecule has 1 fully saturated rings. The fourth-order valence-electron chi connectivity index (χ4n) is 3.21. The maximum atomic E-state index is 13.0. The first-order valence-corrected chi connectivity index (χ1v) is 8.31. The summed E-state index contributed by atoms with van der Waals surface area (Å²) in [5.41, 5.74) is 2.71. The Bertz CT molecular complexity index is 889. The normalized spacial score (nSPS) is 16.4. The summed E-state index contributed by atoms with van der Waals surface area (Å²) in [4.78, 5) is 22.2. The third kappa shape index (κ3) is 2.89. The molecular weight excluding hydrogens is 314 g/mol. The molecular formula is C20H19N3O2. The lowest BCUT2D eigenvalue weighted by Gasteiger charge is -2.41. The van der Waals surface area contributed by atoms with E-state index in [1.54, 1.807) is 19.5 Å². The van der Waals surface area contributed by atoms with E-state index in [1.165, 1.54) is 0 Å². The van der Waals surface area contributed by atoms with E-state index in [2.05, 4.69) is 9.97 Å². The largest absolute Gasteiger partial charge is 0.497 e. The van der Waals surface area contributed by atoms with Crippen LogP contribution in [0.15, 0.2) is 60.9 Å². The van der Waals surface area contributed by atoms with Crippen molar-refractivity contribution in [1.82, 2.24) is 14.9 Å². The maximum absolute atomic E-state index is 13.0. The number of rotatable bonds is 4. The fraction of sp³-hybridized carbons (Fsp3) is 0.200. The quantitative estimate of drug-likeness (QED) is 0.792. The summed E-state index contributed by atoms with van der Waals surface area (Å²) in [7, 11) is 1.66. The Hall–Kier alpha value is -3.08. The molecule has 1 N–H and O–H groups in total. The number of carbonyl (C=O) groups excluding carboxylic acids is 1. The molecule has 0 aliphatic carbocycles. The second-order valence-electron chi connectivity index (χ2n) is 6.10. The average molecular weight is 333 g/mol. The van der Waals surface area contributed by atoms with E-state index in [-0.39, 0.29) is 11.9 Å². The molecule has 1 atom stereocenters. The number of hydrogen-bond donors (Lipinski definition) is 1. The van der Waals surface area contributed by atoms with Crippen molar-refractivity contribution in [2.45, 2.75) is 12.5 Å². The van der Waals surface area contributed by atoms with E-state index in [9.17, 15) is 4.79 Å². The van der Waals surface area contributed by atoms with Gasteiger partial charge in [-0.05, 0) is 36.2 Å². The Balaban J connectivity index is 1.58. The van der Waals surface area contributed by atoms with E-state index in [0.29, 0.717) is 5.56 Å². The second-order valence-corrected chi connectivity index (χ2v) is 6.10. The molecule has 4 rings (SSSR count). The van der Waals surface area contributed by atoms with Gasteiger partial charge >= 0.3 is 0 Å². The van der Waals surface area contributed by atoms with Crippen LogP contribution in [0.5, 0.6) is 5.75 Å². The number of aromatic nitrogens is 2. The van der Waals surface area contributed by atoms with Gasteiger partial charge in [0.05, 0.1) is 13.2 Å². The summed E-state index contributed by atoms with van der Waals surface area (Å²) in [6.45, 7) is 0.770. The molecule has 1 unspecified atom stereocenters. The zero-order valence-corrected chi connectivity index (χ0v) is 14.0. The summed E-state index contributed by atoms with van der Waals surface area (Å²) in [6.07, 6.45) is 4.45. The monoisotopic (exact) mass is 333 g/mol. The molecule has 5 heteroatoms. The number of benzene rings is 2. The summed E-state index contributed by atoms with van der Waals surface area (Å²) < 4.78 is 5.30. The van der Waals surface area contributed by atoms with Crippen LogP contribution in [-0.4, -0.2) is 34.4 Å². The number of aromatic amines is 1. The zero-order valence-electron chi connectivity index (χ0n) is 14.0. The zero-order chi connectivity index (χ0) is 17.2. The number of likely N-dealkylation sites (tertiary alicyclic amines) is 1. The van der Waals surface area contributed by atoms with Gasteiger partial charge in [0, 0.05) is 30.1 Å². The molecule has 0 radical (unpaired) electrons. The number of hydrogen-bond acceptors (Lipinski definition) is 3. The average Bonchev–Trinajstić information content (AvgIpc) is 3.16. The van der Waals surface area contributed by atoms with Gasteiger partial charge in [-0.1, -0.05) is 24.3 Å². The molecule has 1 saturated heterocycles. The lowest BCUT2D eigenvalue weighted by molar-refractivity contribution is 0.0460. The fourth-order valence-corrected chi connectivity index (χ4v) is 3.21. The molecule has 1 aliphatic rings. The Morgan fingerprint density at radius 2 is 2.12 bits per heavy atom. The lowest BCUT2D eigenvalue weighted by Crippen LogP contribution is -2.45. The highest BCUT2D eigenvalue weighted by atomic mass is 16.5. The molecule has 126 valence electrons. The SMILES string of the molecule is COc1cccc(C2CCN2C(=O)c2cccc(-c3ncc[nH]3)c2)c1. The molecule has 2 heterocycles. The molecule has 3 aromatic rings. The van der Waals surface area contributed by atoms with Gasteiger partial charge in [0.15, 0.2) is 0 Å². The number of nitrogens with zero attached hydrogens (tertiary/aromatic N) is 2. The van der Waals surface area contributed by atoms with Crippen molar-refractivity contribution in [2.24, 2.45) is 0 Å². The van der Waals surface area contributed by atoms with Crippen molar-refractivity contribution in [3.8, 4) is 17.1 Å². The van der Waals surface area contributed by atoms with Crippen LogP contribution < -0.4 is 4.74 Å². The number of imidazole rings is 1. The molecule has 5 nitrogen and oxygen atoms in total. The number of nitrogens with one attached hydrogen (secondary N) is 1. The third-order valence-corrected chi connectivity index (χ3v) is 4.64. The van der Waals surface area contributed by atoms with Crippen LogP contribution in [0, 0.1) is 0 Å². The molecule has 0 saturated carbocycles. The number of methoxy groups -OCH3 is 1. The Morgan fingerprint density at radius 1 is 1.24 bits per heavy atom. The van der Waals surface area contributed by atoms with Crippen molar-refractivity contribution >= 4 is 5.91 Å².